The molecule has 0 spiro atoms. The minimum Gasteiger partial charge on any atom is -0.0844 e. The molecule has 0 amide bonds. The van der Waals surface area contributed by atoms with Crippen LogP contribution in [-0.2, 0) is 0 Å². The summed E-state index contributed by atoms with van der Waals surface area (Å²) in [6.45, 7) is 6.72. The van der Waals surface area contributed by atoms with Gasteiger partial charge in [-0.3, -0.25) is 0 Å². The fraction of sp³-hybridized carbons (Fsp3) is 0.765. The Morgan fingerprint density at radius 3 is 1.89 bits per heavy atom. The molecule has 0 nitrogen and oxygen atoms in total. The van der Waals surface area contributed by atoms with Crippen LogP contribution in [0.3, 0.4) is 0 Å². The first-order valence-corrected chi connectivity index (χ1v) is 8.83. The quantitative estimate of drug-likeness (QED) is 0.207. The highest BCUT2D eigenvalue weighted by Gasteiger charge is 1.97. The maximum atomic E-state index is 2.52. The van der Waals surface area contributed by atoms with Crippen molar-refractivity contribution in [3.63, 3.8) is 0 Å². The van der Waals surface area contributed by atoms with E-state index >= 15 is 0 Å². The van der Waals surface area contributed by atoms with Crippen molar-refractivity contribution in [3.05, 3.63) is 21.3 Å². The fourth-order valence-electron chi connectivity index (χ4n) is 2.05. The first-order valence-electron chi connectivity index (χ1n) is 7.75. The van der Waals surface area contributed by atoms with E-state index < -0.39 is 0 Å². The molecule has 0 heterocycles. The van der Waals surface area contributed by atoms with Crippen LogP contribution in [0.1, 0.15) is 85.0 Å². The Hall–Kier alpha value is 0.210. The number of rotatable bonds is 11. The van der Waals surface area contributed by atoms with Crippen molar-refractivity contribution in [3.8, 4) is 0 Å². The minimum absolute atomic E-state index is 1.26. The summed E-state index contributed by atoms with van der Waals surface area (Å²) >= 11 is 2.52. The van der Waals surface area contributed by atoms with E-state index in [1.54, 1.807) is 0 Å². The second kappa shape index (κ2) is 13.6. The molecule has 0 aliphatic rings. The summed E-state index contributed by atoms with van der Waals surface area (Å²) in [5.41, 5.74) is 1.53. The van der Waals surface area contributed by atoms with Crippen molar-refractivity contribution in [1.29, 1.82) is 0 Å². The summed E-state index contributed by atoms with van der Waals surface area (Å²) in [5.74, 6) is 0. The minimum atomic E-state index is 1.26. The average molecular weight is 362 g/mol. The highest BCUT2D eigenvalue weighted by molar-refractivity contribution is 14.1. The first kappa shape index (κ1) is 18.2. The molecule has 0 bridgehead atoms. The van der Waals surface area contributed by atoms with Gasteiger partial charge in [-0.1, -0.05) is 70.1 Å². The summed E-state index contributed by atoms with van der Waals surface area (Å²) in [6, 6.07) is 0. The van der Waals surface area contributed by atoms with Gasteiger partial charge in [0.1, 0.15) is 0 Å². The molecule has 0 aromatic heterocycles. The molecule has 0 radical (unpaired) electrons. The van der Waals surface area contributed by atoms with E-state index in [1.165, 1.54) is 73.4 Å². The van der Waals surface area contributed by atoms with Crippen molar-refractivity contribution < 1.29 is 0 Å². The van der Waals surface area contributed by atoms with Gasteiger partial charge in [-0.15, -0.1) is 0 Å². The Morgan fingerprint density at radius 2 is 1.39 bits per heavy atom. The van der Waals surface area contributed by atoms with E-state index in [0.717, 1.165) is 0 Å². The smallest absolute Gasteiger partial charge is 0.00914 e. The molecule has 106 valence electrons. The lowest BCUT2D eigenvalue weighted by atomic mass is 10.0. The second-order valence-corrected chi connectivity index (χ2v) is 6.46. The number of halogens is 1. The van der Waals surface area contributed by atoms with Gasteiger partial charge in [-0.2, -0.15) is 0 Å². The van der Waals surface area contributed by atoms with Crippen molar-refractivity contribution in [2.75, 3.05) is 0 Å². The van der Waals surface area contributed by atoms with Crippen LogP contribution < -0.4 is 0 Å². The Morgan fingerprint density at radius 1 is 0.833 bits per heavy atom. The molecule has 0 aromatic rings. The molecule has 0 aromatic carbocycles. The predicted octanol–water partition coefficient (Wildman–Crippen LogP) is 7.19. The Labute approximate surface area is 128 Å². The van der Waals surface area contributed by atoms with Gasteiger partial charge < -0.3 is 0 Å². The van der Waals surface area contributed by atoms with Crippen molar-refractivity contribution >= 4 is 22.6 Å². The predicted molar refractivity (Wildman–Crippen MR) is 93.4 cm³/mol. The molecule has 0 aliphatic carbocycles. The van der Waals surface area contributed by atoms with E-state index in [-0.39, 0.29) is 0 Å². The van der Waals surface area contributed by atoms with Crippen molar-refractivity contribution in [2.24, 2.45) is 0 Å². The third kappa shape index (κ3) is 11.3. The molecule has 18 heavy (non-hydrogen) atoms. The number of allylic oxidation sites excluding steroid dienone is 4. The maximum absolute atomic E-state index is 2.52. The van der Waals surface area contributed by atoms with E-state index in [9.17, 15) is 0 Å². The van der Waals surface area contributed by atoms with Crippen LogP contribution in [0.2, 0.25) is 0 Å². The summed E-state index contributed by atoms with van der Waals surface area (Å²) in [7, 11) is 0. The second-order valence-electron chi connectivity index (χ2n) is 5.08. The number of unbranched alkanes of at least 4 members (excludes halogenated alkanes) is 6. The molecule has 0 unspecified atom stereocenters. The van der Waals surface area contributed by atoms with Crippen LogP contribution >= 0.6 is 22.6 Å². The van der Waals surface area contributed by atoms with Crippen LogP contribution in [0.15, 0.2) is 21.3 Å². The summed E-state index contributed by atoms with van der Waals surface area (Å²) in [6.07, 6.45) is 18.1. The lowest BCUT2D eigenvalue weighted by Crippen LogP contribution is -1.84. The summed E-state index contributed by atoms with van der Waals surface area (Å²) in [5, 5.41) is 0. The summed E-state index contributed by atoms with van der Waals surface area (Å²) in [4.78, 5) is 0. The van der Waals surface area contributed by atoms with Crippen LogP contribution in [-0.4, -0.2) is 0 Å². The summed E-state index contributed by atoms with van der Waals surface area (Å²) < 4.78 is 1.53. The molecule has 0 saturated heterocycles. The van der Waals surface area contributed by atoms with Crippen LogP contribution in [0, 0.1) is 0 Å². The molecule has 0 aliphatic heterocycles. The maximum Gasteiger partial charge on any atom is -0.00914 e. The Bertz CT molecular complexity index is 238. The molecule has 1 heteroatoms. The van der Waals surface area contributed by atoms with Crippen LogP contribution in [0.25, 0.3) is 0 Å². The monoisotopic (exact) mass is 362 g/mol. The van der Waals surface area contributed by atoms with Crippen molar-refractivity contribution in [2.45, 2.75) is 85.0 Å². The molecular formula is C17H31I. The molecule has 0 fully saturated rings. The van der Waals surface area contributed by atoms with E-state index in [4.69, 9.17) is 0 Å². The van der Waals surface area contributed by atoms with Gasteiger partial charge in [0.05, 0.1) is 0 Å². The zero-order chi connectivity index (χ0) is 13.6. The lowest BCUT2D eigenvalue weighted by Gasteiger charge is -2.04. The van der Waals surface area contributed by atoms with E-state index in [1.807, 2.05) is 0 Å². The highest BCUT2D eigenvalue weighted by Crippen LogP contribution is 2.21. The molecule has 0 saturated carbocycles. The third-order valence-electron chi connectivity index (χ3n) is 3.30. The normalized spacial score (nSPS) is 13.1. The van der Waals surface area contributed by atoms with Gasteiger partial charge in [0.25, 0.3) is 0 Å². The van der Waals surface area contributed by atoms with Crippen LogP contribution in [0.4, 0.5) is 0 Å². The van der Waals surface area contributed by atoms with Gasteiger partial charge in [-0.05, 0) is 58.8 Å². The largest absolute Gasteiger partial charge is 0.0844 e. The molecule has 0 N–H and O–H groups in total. The fourth-order valence-corrected chi connectivity index (χ4v) is 2.83. The van der Waals surface area contributed by atoms with Gasteiger partial charge in [0, 0.05) is 0 Å². The topological polar surface area (TPSA) is 0 Å². The SMILES string of the molecule is C/C=C(/C=C(\I)CCCCCC)CCCCCC. The average Bonchev–Trinajstić information content (AvgIpc) is 2.38. The van der Waals surface area contributed by atoms with E-state index in [0.29, 0.717) is 0 Å². The van der Waals surface area contributed by atoms with Gasteiger partial charge in [0.15, 0.2) is 0 Å². The lowest BCUT2D eigenvalue weighted by molar-refractivity contribution is 0.665. The van der Waals surface area contributed by atoms with Gasteiger partial charge in [0.2, 0.25) is 0 Å². The molecule has 0 rings (SSSR count). The number of hydrogen-bond donors (Lipinski definition) is 0. The third-order valence-corrected chi connectivity index (χ3v) is 4.15. The molecular weight excluding hydrogens is 331 g/mol. The van der Waals surface area contributed by atoms with Gasteiger partial charge >= 0.3 is 0 Å². The van der Waals surface area contributed by atoms with E-state index in [2.05, 4.69) is 55.5 Å². The van der Waals surface area contributed by atoms with Crippen molar-refractivity contribution in [1.82, 2.24) is 0 Å². The standard InChI is InChI=1S/C17H31I/c1-4-7-9-11-13-16(6-3)15-17(18)14-12-10-8-5-2/h6,15H,4-5,7-14H2,1-3H3/b16-6+,17-15-. The first-order chi connectivity index (χ1) is 8.74. The zero-order valence-corrected chi connectivity index (χ0v) is 14.8. The van der Waals surface area contributed by atoms with Crippen LogP contribution in [0.5, 0.6) is 0 Å². The Balaban J connectivity index is 3.85. The highest BCUT2D eigenvalue weighted by atomic mass is 127. The number of hydrogen-bond acceptors (Lipinski definition) is 0. The van der Waals surface area contributed by atoms with Gasteiger partial charge in [-0.25, -0.2) is 0 Å². The Kier molecular flexibility index (Phi) is 13.8. The zero-order valence-electron chi connectivity index (χ0n) is 12.6. The molecule has 0 atom stereocenters.